The van der Waals surface area contributed by atoms with Crippen LogP contribution in [0.15, 0.2) is 36.5 Å². The van der Waals surface area contributed by atoms with Crippen LogP contribution < -0.4 is 10.2 Å². The standard InChI is InChI=1S/C26H35N5O3/c1-18(17-33-2)28-26-27-16-25-23(15-24(31(25)29-26)19-6-8-22(32)9-7-19)20-4-3-5-21(14-20)30-10-12-34-13-11-30/h3-5,14-16,18-19,22,32H,6-13,17H2,1-2H3,(H,28,29)/t18-,19-,22-/m0/s1. The Kier molecular flexibility index (Phi) is 6.99. The first kappa shape index (κ1) is 23.1. The van der Waals surface area contributed by atoms with Gasteiger partial charge < -0.3 is 24.8 Å². The molecular weight excluding hydrogens is 430 g/mol. The zero-order valence-corrected chi connectivity index (χ0v) is 20.1. The topological polar surface area (TPSA) is 84.2 Å². The lowest BCUT2D eigenvalue weighted by Gasteiger charge is -2.29. The summed E-state index contributed by atoms with van der Waals surface area (Å²) in [6.45, 7) is 5.99. The molecule has 182 valence electrons. The Morgan fingerprint density at radius 2 is 1.97 bits per heavy atom. The molecule has 3 aromatic rings. The van der Waals surface area contributed by atoms with E-state index in [1.807, 2.05) is 6.20 Å². The van der Waals surface area contributed by atoms with Gasteiger partial charge in [-0.1, -0.05) is 12.1 Å². The van der Waals surface area contributed by atoms with Crippen LogP contribution in [0.25, 0.3) is 16.6 Å². The van der Waals surface area contributed by atoms with Gasteiger partial charge in [-0.15, -0.1) is 5.10 Å². The number of aliphatic hydroxyl groups is 1. The van der Waals surface area contributed by atoms with Crippen LogP contribution in [0.5, 0.6) is 0 Å². The minimum atomic E-state index is -0.186. The number of methoxy groups -OCH3 is 1. The highest BCUT2D eigenvalue weighted by atomic mass is 16.5. The van der Waals surface area contributed by atoms with Crippen molar-refractivity contribution >= 4 is 17.2 Å². The molecule has 1 aliphatic heterocycles. The molecule has 1 atom stereocenters. The number of benzene rings is 1. The average Bonchev–Trinajstić information content (AvgIpc) is 3.24. The van der Waals surface area contributed by atoms with Gasteiger partial charge in [0, 0.05) is 49.1 Å². The second-order valence-electron chi connectivity index (χ2n) is 9.52. The molecule has 5 rings (SSSR count). The molecule has 0 radical (unpaired) electrons. The molecule has 1 saturated carbocycles. The van der Waals surface area contributed by atoms with Gasteiger partial charge in [0.05, 0.1) is 37.6 Å². The first-order valence-electron chi connectivity index (χ1n) is 12.4. The first-order valence-corrected chi connectivity index (χ1v) is 12.4. The van der Waals surface area contributed by atoms with E-state index in [0.29, 0.717) is 18.5 Å². The SMILES string of the molecule is COC[C@H](C)Nc1ncc2c(-c3cccc(N4CCOCC4)c3)cc([C@H]3CC[C@H](O)CC3)n2n1. The number of morpholine rings is 1. The van der Waals surface area contributed by atoms with E-state index < -0.39 is 0 Å². The summed E-state index contributed by atoms with van der Waals surface area (Å²) >= 11 is 0. The van der Waals surface area contributed by atoms with Crippen molar-refractivity contribution in [1.82, 2.24) is 14.6 Å². The molecule has 0 amide bonds. The van der Waals surface area contributed by atoms with Crippen LogP contribution in [0, 0.1) is 0 Å². The molecule has 0 bridgehead atoms. The van der Waals surface area contributed by atoms with E-state index in [4.69, 9.17) is 14.6 Å². The van der Waals surface area contributed by atoms with Crippen molar-refractivity contribution in [2.75, 3.05) is 50.2 Å². The lowest BCUT2D eigenvalue weighted by Crippen LogP contribution is -2.36. The highest BCUT2D eigenvalue weighted by Crippen LogP contribution is 2.38. The number of anilines is 2. The van der Waals surface area contributed by atoms with Crippen molar-refractivity contribution in [2.45, 2.75) is 50.7 Å². The summed E-state index contributed by atoms with van der Waals surface area (Å²) in [6.07, 6.45) is 5.34. The Morgan fingerprint density at radius 1 is 1.18 bits per heavy atom. The Bertz CT molecular complexity index is 1100. The quantitative estimate of drug-likeness (QED) is 0.550. The summed E-state index contributed by atoms with van der Waals surface area (Å²) in [7, 11) is 1.70. The number of fused-ring (bicyclic) bond motifs is 1. The summed E-state index contributed by atoms with van der Waals surface area (Å²) < 4.78 is 12.9. The number of nitrogens with zero attached hydrogens (tertiary/aromatic N) is 4. The van der Waals surface area contributed by atoms with Crippen molar-refractivity contribution in [2.24, 2.45) is 0 Å². The third-order valence-corrected chi connectivity index (χ3v) is 6.99. The molecule has 2 aliphatic rings. The number of aromatic nitrogens is 3. The lowest BCUT2D eigenvalue weighted by atomic mass is 9.85. The van der Waals surface area contributed by atoms with Crippen molar-refractivity contribution in [3.8, 4) is 11.1 Å². The van der Waals surface area contributed by atoms with E-state index in [-0.39, 0.29) is 12.1 Å². The van der Waals surface area contributed by atoms with Gasteiger partial charge in [-0.3, -0.25) is 0 Å². The van der Waals surface area contributed by atoms with Crippen molar-refractivity contribution in [3.05, 3.63) is 42.2 Å². The van der Waals surface area contributed by atoms with Crippen molar-refractivity contribution < 1.29 is 14.6 Å². The predicted octanol–water partition coefficient (Wildman–Crippen LogP) is 3.70. The molecule has 1 saturated heterocycles. The smallest absolute Gasteiger partial charge is 0.241 e. The van der Waals surface area contributed by atoms with Crippen LogP contribution in [-0.4, -0.2) is 71.9 Å². The van der Waals surface area contributed by atoms with E-state index in [9.17, 15) is 5.11 Å². The van der Waals surface area contributed by atoms with Gasteiger partial charge in [0.15, 0.2) is 0 Å². The number of rotatable bonds is 7. The second kappa shape index (κ2) is 10.3. The highest BCUT2D eigenvalue weighted by Gasteiger charge is 2.26. The molecule has 34 heavy (non-hydrogen) atoms. The summed E-state index contributed by atoms with van der Waals surface area (Å²) in [5.74, 6) is 0.963. The molecule has 8 nitrogen and oxygen atoms in total. The highest BCUT2D eigenvalue weighted by molar-refractivity contribution is 5.83. The largest absolute Gasteiger partial charge is 0.393 e. The Hall–Kier alpha value is -2.68. The zero-order chi connectivity index (χ0) is 23.5. The minimum absolute atomic E-state index is 0.107. The average molecular weight is 466 g/mol. The molecule has 1 aliphatic carbocycles. The van der Waals surface area contributed by atoms with E-state index in [2.05, 4.69) is 57.0 Å². The number of hydrogen-bond acceptors (Lipinski definition) is 7. The molecule has 2 fully saturated rings. The molecular formula is C26H35N5O3. The number of nitrogens with one attached hydrogen (secondary N) is 1. The maximum absolute atomic E-state index is 10.1. The van der Waals surface area contributed by atoms with Crippen LogP contribution >= 0.6 is 0 Å². The summed E-state index contributed by atoms with van der Waals surface area (Å²) in [6, 6.07) is 11.1. The van der Waals surface area contributed by atoms with Gasteiger partial charge in [0.2, 0.25) is 5.95 Å². The summed E-state index contributed by atoms with van der Waals surface area (Å²) in [5.41, 5.74) is 5.73. The van der Waals surface area contributed by atoms with Crippen LogP contribution in [-0.2, 0) is 9.47 Å². The zero-order valence-electron chi connectivity index (χ0n) is 20.1. The van der Waals surface area contributed by atoms with Crippen molar-refractivity contribution in [1.29, 1.82) is 0 Å². The summed E-state index contributed by atoms with van der Waals surface area (Å²) in [5, 5.41) is 18.3. The van der Waals surface area contributed by atoms with Gasteiger partial charge in [0.25, 0.3) is 0 Å². The van der Waals surface area contributed by atoms with Gasteiger partial charge in [-0.2, -0.15) is 0 Å². The number of aliphatic hydroxyl groups excluding tert-OH is 1. The van der Waals surface area contributed by atoms with E-state index in [1.165, 1.54) is 16.9 Å². The fraction of sp³-hybridized carbons (Fsp3) is 0.538. The Labute approximate surface area is 200 Å². The molecule has 8 heteroatoms. The van der Waals surface area contributed by atoms with Crippen LogP contribution in [0.3, 0.4) is 0 Å². The second-order valence-corrected chi connectivity index (χ2v) is 9.52. The maximum Gasteiger partial charge on any atom is 0.241 e. The lowest BCUT2D eigenvalue weighted by molar-refractivity contribution is 0.121. The van der Waals surface area contributed by atoms with Crippen LogP contribution in [0.2, 0.25) is 0 Å². The van der Waals surface area contributed by atoms with Crippen molar-refractivity contribution in [3.63, 3.8) is 0 Å². The molecule has 0 spiro atoms. The normalized spacial score (nSPS) is 22.1. The molecule has 3 heterocycles. The monoisotopic (exact) mass is 465 g/mol. The minimum Gasteiger partial charge on any atom is -0.393 e. The number of hydrogen-bond donors (Lipinski definition) is 2. The third-order valence-electron chi connectivity index (χ3n) is 6.99. The molecule has 1 aromatic carbocycles. The Morgan fingerprint density at radius 3 is 2.74 bits per heavy atom. The summed E-state index contributed by atoms with van der Waals surface area (Å²) in [4.78, 5) is 7.01. The van der Waals surface area contributed by atoms with Gasteiger partial charge in [-0.05, 0) is 56.4 Å². The third kappa shape index (κ3) is 4.89. The molecule has 2 N–H and O–H groups in total. The van der Waals surface area contributed by atoms with Gasteiger partial charge in [-0.25, -0.2) is 9.50 Å². The maximum atomic E-state index is 10.1. The van der Waals surface area contributed by atoms with E-state index in [1.54, 1.807) is 7.11 Å². The van der Waals surface area contributed by atoms with E-state index in [0.717, 1.165) is 63.1 Å². The van der Waals surface area contributed by atoms with Crippen LogP contribution in [0.4, 0.5) is 11.6 Å². The molecule has 0 unspecified atom stereocenters. The Balaban J connectivity index is 1.54. The first-order chi connectivity index (χ1) is 16.6. The fourth-order valence-electron chi connectivity index (χ4n) is 5.18. The van der Waals surface area contributed by atoms with Gasteiger partial charge in [0.1, 0.15) is 0 Å². The molecule has 2 aromatic heterocycles. The van der Waals surface area contributed by atoms with Crippen LogP contribution in [0.1, 0.15) is 44.2 Å². The fourth-order valence-corrected chi connectivity index (χ4v) is 5.18. The predicted molar refractivity (Wildman–Crippen MR) is 134 cm³/mol. The number of ether oxygens (including phenoxy) is 2. The van der Waals surface area contributed by atoms with Gasteiger partial charge >= 0.3 is 0 Å². The van der Waals surface area contributed by atoms with E-state index >= 15 is 0 Å².